The second kappa shape index (κ2) is 4.57. The molecule has 0 bridgehead atoms. The molecule has 0 saturated carbocycles. The van der Waals surface area contributed by atoms with E-state index in [0.29, 0.717) is 0 Å². The van der Waals surface area contributed by atoms with Gasteiger partial charge in [-0.25, -0.2) is 0 Å². The van der Waals surface area contributed by atoms with Gasteiger partial charge in [-0.15, -0.1) is 0 Å². The van der Waals surface area contributed by atoms with Gasteiger partial charge < -0.3 is 0 Å². The third kappa shape index (κ3) is 2.84. The minimum Gasteiger partial charge on any atom is -0.294 e. The molecule has 0 aliphatic rings. The van der Waals surface area contributed by atoms with Crippen LogP contribution in [-0.2, 0) is 6.18 Å². The van der Waals surface area contributed by atoms with Gasteiger partial charge in [-0.2, -0.15) is 13.2 Å². The molecule has 0 radical (unpaired) electrons. The van der Waals surface area contributed by atoms with Crippen LogP contribution in [0.2, 0.25) is 0 Å². The molecular weight excluding hydrogens is 285 g/mol. The Bertz CT molecular complexity index is 410. The van der Waals surface area contributed by atoms with Crippen LogP contribution in [0.15, 0.2) is 22.7 Å². The van der Waals surface area contributed by atoms with E-state index in [1.807, 2.05) is 0 Å². The van der Waals surface area contributed by atoms with Crippen molar-refractivity contribution in [3.63, 3.8) is 0 Å². The molecule has 0 amide bonds. The van der Waals surface area contributed by atoms with Crippen molar-refractivity contribution in [2.24, 2.45) is 5.92 Å². The van der Waals surface area contributed by atoms with E-state index >= 15 is 0 Å². The van der Waals surface area contributed by atoms with E-state index in [0.717, 1.165) is 12.1 Å². The maximum absolute atomic E-state index is 12.4. The van der Waals surface area contributed by atoms with Gasteiger partial charge in [0, 0.05) is 16.0 Å². The van der Waals surface area contributed by atoms with Crippen molar-refractivity contribution >= 4 is 21.7 Å². The molecule has 0 aliphatic carbocycles. The number of benzene rings is 1. The van der Waals surface area contributed by atoms with Crippen LogP contribution in [0.1, 0.15) is 29.8 Å². The first-order valence-electron chi connectivity index (χ1n) is 4.64. The van der Waals surface area contributed by atoms with Crippen LogP contribution in [0.4, 0.5) is 13.2 Å². The number of rotatable bonds is 2. The second-order valence-corrected chi connectivity index (χ2v) is 4.57. The quantitative estimate of drug-likeness (QED) is 0.743. The lowest BCUT2D eigenvalue weighted by molar-refractivity contribution is -0.137. The third-order valence-corrected chi connectivity index (χ3v) is 2.74. The number of Topliss-reactive ketones (excluding diaryl/α,β-unsaturated/α-hetero) is 1. The highest BCUT2D eigenvalue weighted by Crippen LogP contribution is 2.32. The minimum absolute atomic E-state index is 0.180. The number of hydrogen-bond donors (Lipinski definition) is 0. The molecule has 0 heterocycles. The van der Waals surface area contributed by atoms with Crippen LogP contribution in [0.25, 0.3) is 0 Å². The molecule has 5 heteroatoms. The van der Waals surface area contributed by atoms with E-state index in [1.54, 1.807) is 13.8 Å². The van der Waals surface area contributed by atoms with Crippen molar-refractivity contribution in [3.8, 4) is 0 Å². The molecule has 1 nitrogen and oxygen atoms in total. The first-order valence-corrected chi connectivity index (χ1v) is 5.43. The highest BCUT2D eigenvalue weighted by Gasteiger charge is 2.31. The average molecular weight is 295 g/mol. The molecule has 0 spiro atoms. The van der Waals surface area contributed by atoms with Crippen LogP contribution in [0.3, 0.4) is 0 Å². The lowest BCUT2D eigenvalue weighted by Gasteiger charge is -2.10. The third-order valence-electron chi connectivity index (χ3n) is 2.09. The van der Waals surface area contributed by atoms with Crippen LogP contribution >= 0.6 is 15.9 Å². The Morgan fingerprint density at radius 3 is 2.25 bits per heavy atom. The fourth-order valence-corrected chi connectivity index (χ4v) is 1.78. The summed E-state index contributed by atoms with van der Waals surface area (Å²) in [6, 6.07) is 3.05. The molecule has 0 saturated heterocycles. The van der Waals surface area contributed by atoms with E-state index in [1.165, 1.54) is 6.07 Å². The molecule has 0 aliphatic heterocycles. The Morgan fingerprint density at radius 1 is 1.31 bits per heavy atom. The Labute approximate surface area is 99.8 Å². The van der Waals surface area contributed by atoms with Crippen molar-refractivity contribution in [3.05, 3.63) is 33.8 Å². The average Bonchev–Trinajstić information content (AvgIpc) is 2.15. The fraction of sp³-hybridized carbons (Fsp3) is 0.364. The van der Waals surface area contributed by atoms with Crippen LogP contribution in [0.5, 0.6) is 0 Å². The summed E-state index contributed by atoms with van der Waals surface area (Å²) in [5.74, 6) is -0.423. The summed E-state index contributed by atoms with van der Waals surface area (Å²) in [6.45, 7) is 3.40. The van der Waals surface area contributed by atoms with E-state index < -0.39 is 11.7 Å². The lowest BCUT2D eigenvalue weighted by atomic mass is 10.00. The van der Waals surface area contributed by atoms with Crippen molar-refractivity contribution in [2.45, 2.75) is 20.0 Å². The number of ketones is 1. The topological polar surface area (TPSA) is 17.1 Å². The predicted octanol–water partition coefficient (Wildman–Crippen LogP) is 4.31. The van der Waals surface area contributed by atoms with E-state index in [4.69, 9.17) is 0 Å². The van der Waals surface area contributed by atoms with E-state index in [-0.39, 0.29) is 21.7 Å². The zero-order valence-electron chi connectivity index (χ0n) is 8.73. The van der Waals surface area contributed by atoms with Gasteiger partial charge in [-0.05, 0) is 18.2 Å². The van der Waals surface area contributed by atoms with Crippen molar-refractivity contribution < 1.29 is 18.0 Å². The van der Waals surface area contributed by atoms with Gasteiger partial charge in [-0.3, -0.25) is 4.79 Å². The largest absolute Gasteiger partial charge is 0.416 e. The molecule has 0 N–H and O–H groups in total. The monoisotopic (exact) mass is 294 g/mol. The zero-order chi connectivity index (χ0) is 12.5. The maximum atomic E-state index is 12.4. The molecule has 1 aromatic rings. The molecule has 16 heavy (non-hydrogen) atoms. The van der Waals surface area contributed by atoms with E-state index in [2.05, 4.69) is 15.9 Å². The number of hydrogen-bond acceptors (Lipinski definition) is 1. The summed E-state index contributed by atoms with van der Waals surface area (Å²) >= 11 is 2.99. The van der Waals surface area contributed by atoms with Crippen molar-refractivity contribution in [1.29, 1.82) is 0 Å². The molecule has 0 unspecified atom stereocenters. The van der Waals surface area contributed by atoms with Gasteiger partial charge in [0.1, 0.15) is 0 Å². The standard InChI is InChI=1S/C11H10BrF3O/c1-6(2)10(16)8-4-3-7(5-9(8)12)11(13,14)15/h3-6H,1-2H3. The normalized spacial score (nSPS) is 11.9. The SMILES string of the molecule is CC(C)C(=O)c1ccc(C(F)(F)F)cc1Br. The number of alkyl halides is 3. The van der Waals surface area contributed by atoms with Gasteiger partial charge in [-0.1, -0.05) is 29.8 Å². The molecule has 88 valence electrons. The van der Waals surface area contributed by atoms with Crippen molar-refractivity contribution in [2.75, 3.05) is 0 Å². The Kier molecular flexibility index (Phi) is 3.78. The van der Waals surface area contributed by atoms with Crippen LogP contribution < -0.4 is 0 Å². The van der Waals surface area contributed by atoms with Gasteiger partial charge in [0.15, 0.2) is 5.78 Å². The molecule has 0 fully saturated rings. The van der Waals surface area contributed by atoms with Gasteiger partial charge >= 0.3 is 6.18 Å². The van der Waals surface area contributed by atoms with Gasteiger partial charge in [0.2, 0.25) is 0 Å². The van der Waals surface area contributed by atoms with Gasteiger partial charge in [0.05, 0.1) is 5.56 Å². The highest BCUT2D eigenvalue weighted by atomic mass is 79.9. The Morgan fingerprint density at radius 2 is 1.88 bits per heavy atom. The maximum Gasteiger partial charge on any atom is 0.416 e. The first-order chi connectivity index (χ1) is 7.23. The minimum atomic E-state index is -4.39. The number of carbonyl (C=O) groups excluding carboxylic acids is 1. The van der Waals surface area contributed by atoms with E-state index in [9.17, 15) is 18.0 Å². The van der Waals surface area contributed by atoms with Crippen LogP contribution in [0, 0.1) is 5.92 Å². The Balaban J connectivity index is 3.15. The number of halogens is 4. The molecule has 0 atom stereocenters. The first kappa shape index (κ1) is 13.2. The van der Waals surface area contributed by atoms with Crippen molar-refractivity contribution in [1.82, 2.24) is 0 Å². The molecule has 1 aromatic carbocycles. The molecular formula is C11H10BrF3O. The summed E-state index contributed by atoms with van der Waals surface area (Å²) in [5.41, 5.74) is -0.484. The number of carbonyl (C=O) groups is 1. The summed E-state index contributed by atoms with van der Waals surface area (Å²) in [4.78, 5) is 11.6. The second-order valence-electron chi connectivity index (χ2n) is 3.71. The highest BCUT2D eigenvalue weighted by molar-refractivity contribution is 9.10. The summed E-state index contributed by atoms with van der Waals surface area (Å²) < 4.78 is 37.2. The summed E-state index contributed by atoms with van der Waals surface area (Å²) in [7, 11) is 0. The summed E-state index contributed by atoms with van der Waals surface area (Å²) in [6.07, 6.45) is -4.39. The Hall–Kier alpha value is -0.840. The zero-order valence-corrected chi connectivity index (χ0v) is 10.3. The van der Waals surface area contributed by atoms with Crippen LogP contribution in [-0.4, -0.2) is 5.78 Å². The predicted molar refractivity (Wildman–Crippen MR) is 58.3 cm³/mol. The molecule has 0 aromatic heterocycles. The smallest absolute Gasteiger partial charge is 0.294 e. The van der Waals surface area contributed by atoms with Gasteiger partial charge in [0.25, 0.3) is 0 Å². The summed E-state index contributed by atoms with van der Waals surface area (Å²) in [5, 5.41) is 0. The molecule has 1 rings (SSSR count). The lowest BCUT2D eigenvalue weighted by Crippen LogP contribution is -2.10. The fourth-order valence-electron chi connectivity index (χ4n) is 1.20.